The van der Waals surface area contributed by atoms with Crippen molar-refractivity contribution < 1.29 is 13.2 Å². The van der Waals surface area contributed by atoms with Gasteiger partial charge in [0.2, 0.25) is 10.0 Å². The summed E-state index contributed by atoms with van der Waals surface area (Å²) in [6.45, 7) is 1.76. The van der Waals surface area contributed by atoms with Crippen molar-refractivity contribution in [2.24, 2.45) is 0 Å². The second-order valence-electron chi connectivity index (χ2n) is 8.49. The minimum absolute atomic E-state index is 0.0527. The van der Waals surface area contributed by atoms with Crippen LogP contribution in [0.5, 0.6) is 5.75 Å². The molecule has 0 saturated carbocycles. The lowest BCUT2D eigenvalue weighted by atomic mass is 9.91. The summed E-state index contributed by atoms with van der Waals surface area (Å²) in [5, 5.41) is 4.58. The van der Waals surface area contributed by atoms with E-state index < -0.39 is 10.0 Å². The number of ether oxygens (including phenoxy) is 1. The number of methoxy groups -OCH3 is 1. The van der Waals surface area contributed by atoms with E-state index in [0.29, 0.717) is 25.5 Å². The van der Waals surface area contributed by atoms with Crippen LogP contribution in [0.25, 0.3) is 10.9 Å². The van der Waals surface area contributed by atoms with E-state index in [1.54, 1.807) is 19.2 Å². The number of sulfonamides is 1. The Kier molecular flexibility index (Phi) is 6.26. The van der Waals surface area contributed by atoms with Gasteiger partial charge in [-0.3, -0.25) is 0 Å². The van der Waals surface area contributed by atoms with Crippen LogP contribution >= 0.6 is 0 Å². The highest BCUT2D eigenvalue weighted by Gasteiger charge is 2.27. The van der Waals surface area contributed by atoms with Gasteiger partial charge in [0.05, 0.1) is 7.11 Å². The topological polar surface area (TPSA) is 87.3 Å². The largest absolute Gasteiger partial charge is 0.497 e. The smallest absolute Gasteiger partial charge is 0.244 e. The number of hydrogen-bond acceptors (Lipinski definition) is 5. The average Bonchev–Trinajstić information content (AvgIpc) is 3.56. The van der Waals surface area contributed by atoms with Gasteiger partial charge in [-0.25, -0.2) is 13.4 Å². The molecule has 34 heavy (non-hydrogen) atoms. The zero-order chi connectivity index (χ0) is 23.5. The number of benzene rings is 2. The molecule has 1 aliphatic rings. The molecule has 3 heterocycles. The molecule has 4 aromatic rings. The number of pyridine rings is 1. The Morgan fingerprint density at radius 1 is 1.06 bits per heavy atom. The maximum Gasteiger partial charge on any atom is 0.244 e. The monoisotopic (exact) mass is 476 g/mol. The fourth-order valence-corrected chi connectivity index (χ4v) is 6.01. The molecular weight excluding hydrogens is 448 g/mol. The third-order valence-corrected chi connectivity index (χ3v) is 8.32. The van der Waals surface area contributed by atoms with E-state index >= 15 is 0 Å². The quantitative estimate of drug-likeness (QED) is 0.388. The first-order chi connectivity index (χ1) is 16.6. The molecular formula is C26H28N4O3S. The molecule has 2 aromatic heterocycles. The van der Waals surface area contributed by atoms with Crippen LogP contribution in [0.4, 0.5) is 5.82 Å². The number of fused-ring (bicyclic) bond motifs is 1. The summed E-state index contributed by atoms with van der Waals surface area (Å²) in [6, 6.07) is 19.7. The van der Waals surface area contributed by atoms with Gasteiger partial charge in [-0.1, -0.05) is 30.3 Å². The highest BCUT2D eigenvalue weighted by molar-refractivity contribution is 7.89. The standard InChI is InChI=1S/C26H28N4O3S/c1-33-20-10-8-19(9-11-20)23(24-18-27-25-7-3-2-6-22(24)25)17-29-26-13-12-21(16-28-26)34(31,32)30-14-4-5-15-30/h2-3,6-13,16,18,23,27H,4-5,14-15,17H2,1H3,(H,28,29). The Labute approximate surface area is 199 Å². The third kappa shape index (κ3) is 4.38. The van der Waals surface area contributed by atoms with Crippen LogP contribution in [0.3, 0.4) is 0 Å². The van der Waals surface area contributed by atoms with Gasteiger partial charge in [-0.15, -0.1) is 0 Å². The first-order valence-electron chi connectivity index (χ1n) is 11.5. The van der Waals surface area contributed by atoms with Crippen molar-refractivity contribution in [3.8, 4) is 5.75 Å². The second kappa shape index (κ2) is 9.48. The minimum atomic E-state index is -3.47. The Morgan fingerprint density at radius 3 is 2.53 bits per heavy atom. The van der Waals surface area contributed by atoms with E-state index in [-0.39, 0.29) is 10.8 Å². The molecule has 5 rings (SSSR count). The minimum Gasteiger partial charge on any atom is -0.497 e. The number of para-hydroxylation sites is 1. The molecule has 1 atom stereocenters. The maximum atomic E-state index is 12.8. The van der Waals surface area contributed by atoms with Gasteiger partial charge in [0.15, 0.2) is 0 Å². The van der Waals surface area contributed by atoms with Crippen molar-refractivity contribution in [1.29, 1.82) is 0 Å². The highest BCUT2D eigenvalue weighted by Crippen LogP contribution is 2.32. The van der Waals surface area contributed by atoms with Gasteiger partial charge in [0.1, 0.15) is 16.5 Å². The van der Waals surface area contributed by atoms with Crippen LogP contribution in [0.1, 0.15) is 29.9 Å². The van der Waals surface area contributed by atoms with Crippen molar-refractivity contribution in [2.45, 2.75) is 23.7 Å². The summed E-state index contributed by atoms with van der Waals surface area (Å²) in [5.41, 5.74) is 3.42. The summed E-state index contributed by atoms with van der Waals surface area (Å²) < 4.78 is 32.4. The van der Waals surface area contributed by atoms with E-state index in [0.717, 1.165) is 29.7 Å². The lowest BCUT2D eigenvalue weighted by Crippen LogP contribution is -2.28. The predicted octanol–water partition coefficient (Wildman–Crippen LogP) is 4.60. The van der Waals surface area contributed by atoms with Crippen molar-refractivity contribution in [2.75, 3.05) is 32.1 Å². The zero-order valence-corrected chi connectivity index (χ0v) is 19.9. The summed E-state index contributed by atoms with van der Waals surface area (Å²) in [4.78, 5) is 8.02. The maximum absolute atomic E-state index is 12.8. The van der Waals surface area contributed by atoms with Gasteiger partial charge in [0, 0.05) is 48.8 Å². The van der Waals surface area contributed by atoms with Crippen LogP contribution in [-0.4, -0.2) is 49.4 Å². The Bertz CT molecular complexity index is 1360. The number of nitrogens with one attached hydrogen (secondary N) is 2. The summed E-state index contributed by atoms with van der Waals surface area (Å²) in [5.74, 6) is 1.50. The SMILES string of the molecule is COc1ccc(C(CNc2ccc(S(=O)(=O)N3CCCC3)cn2)c2c[nH]c3ccccc23)cc1. The number of hydrogen-bond donors (Lipinski definition) is 2. The Hall–Kier alpha value is -3.36. The molecule has 1 aliphatic heterocycles. The first-order valence-corrected chi connectivity index (χ1v) is 12.9. The zero-order valence-electron chi connectivity index (χ0n) is 19.1. The molecule has 0 spiro atoms. The van der Waals surface area contributed by atoms with E-state index in [1.807, 2.05) is 24.3 Å². The molecule has 2 N–H and O–H groups in total. The van der Waals surface area contributed by atoms with Crippen molar-refractivity contribution in [3.63, 3.8) is 0 Å². The number of H-pyrrole nitrogens is 1. The van der Waals surface area contributed by atoms with Gasteiger partial charge in [-0.05, 0) is 54.3 Å². The van der Waals surface area contributed by atoms with E-state index in [4.69, 9.17) is 4.74 Å². The fourth-order valence-electron chi connectivity index (χ4n) is 4.55. The number of nitrogens with zero attached hydrogens (tertiary/aromatic N) is 2. The summed E-state index contributed by atoms with van der Waals surface area (Å²) in [7, 11) is -1.81. The number of rotatable bonds is 8. The summed E-state index contributed by atoms with van der Waals surface area (Å²) >= 11 is 0. The van der Waals surface area contributed by atoms with Gasteiger partial charge in [0.25, 0.3) is 0 Å². The fraction of sp³-hybridized carbons (Fsp3) is 0.269. The lowest BCUT2D eigenvalue weighted by molar-refractivity contribution is 0.414. The van der Waals surface area contributed by atoms with E-state index in [1.165, 1.54) is 21.5 Å². The first kappa shape index (κ1) is 22.4. The normalized spacial score (nSPS) is 15.4. The van der Waals surface area contributed by atoms with E-state index in [2.05, 4.69) is 45.7 Å². The van der Waals surface area contributed by atoms with Gasteiger partial charge in [-0.2, -0.15) is 4.31 Å². The van der Waals surface area contributed by atoms with Crippen LogP contribution in [0.2, 0.25) is 0 Å². The van der Waals surface area contributed by atoms with Gasteiger partial charge >= 0.3 is 0 Å². The molecule has 176 valence electrons. The van der Waals surface area contributed by atoms with Crippen molar-refractivity contribution in [1.82, 2.24) is 14.3 Å². The number of anilines is 1. The van der Waals surface area contributed by atoms with Crippen LogP contribution in [0, 0.1) is 0 Å². The van der Waals surface area contributed by atoms with Crippen molar-refractivity contribution in [3.05, 3.63) is 84.2 Å². The van der Waals surface area contributed by atoms with Gasteiger partial charge < -0.3 is 15.0 Å². The Balaban J connectivity index is 1.39. The molecule has 7 nitrogen and oxygen atoms in total. The molecule has 0 aliphatic carbocycles. The molecule has 1 saturated heterocycles. The number of aromatic nitrogens is 2. The Morgan fingerprint density at radius 2 is 1.82 bits per heavy atom. The molecule has 1 unspecified atom stereocenters. The lowest BCUT2D eigenvalue weighted by Gasteiger charge is -2.19. The predicted molar refractivity (Wildman–Crippen MR) is 134 cm³/mol. The van der Waals surface area contributed by atoms with Crippen LogP contribution in [0.15, 0.2) is 78.0 Å². The van der Waals surface area contributed by atoms with Crippen LogP contribution < -0.4 is 10.1 Å². The molecule has 8 heteroatoms. The summed E-state index contributed by atoms with van der Waals surface area (Å²) in [6.07, 6.45) is 5.32. The second-order valence-corrected chi connectivity index (χ2v) is 10.4. The van der Waals surface area contributed by atoms with E-state index in [9.17, 15) is 8.42 Å². The highest BCUT2D eigenvalue weighted by atomic mass is 32.2. The number of aromatic amines is 1. The molecule has 2 aromatic carbocycles. The average molecular weight is 477 g/mol. The molecule has 0 radical (unpaired) electrons. The molecule has 0 amide bonds. The van der Waals surface area contributed by atoms with Crippen LogP contribution in [-0.2, 0) is 10.0 Å². The van der Waals surface area contributed by atoms with Crippen molar-refractivity contribution >= 4 is 26.7 Å². The molecule has 0 bridgehead atoms. The third-order valence-electron chi connectivity index (χ3n) is 6.44. The molecule has 1 fully saturated rings.